The standard InChI is InChI=1S/C15H23O6P/c1-2-20-21-22(17,18)12-8-4-7-11-15(16)19-13-14-9-5-3-6-10-14/h3,5-6,9-10H,2,4,7-8,11-13H2,1H3,(H,17,18). The molecule has 1 unspecified atom stereocenters. The van der Waals surface area contributed by atoms with Gasteiger partial charge in [0.1, 0.15) is 6.61 Å². The maximum absolute atomic E-state index is 11.5. The van der Waals surface area contributed by atoms with E-state index >= 15 is 0 Å². The molecular weight excluding hydrogens is 307 g/mol. The zero-order valence-electron chi connectivity index (χ0n) is 12.8. The number of ether oxygens (including phenoxy) is 1. The van der Waals surface area contributed by atoms with Crippen LogP contribution in [0.4, 0.5) is 0 Å². The summed E-state index contributed by atoms with van der Waals surface area (Å²) in [5.74, 6) is -0.262. The lowest BCUT2D eigenvalue weighted by molar-refractivity contribution is -0.208. The van der Waals surface area contributed by atoms with Gasteiger partial charge in [-0.05, 0) is 25.3 Å². The molecule has 1 atom stereocenters. The summed E-state index contributed by atoms with van der Waals surface area (Å²) in [7, 11) is -3.66. The molecule has 124 valence electrons. The van der Waals surface area contributed by atoms with Crippen molar-refractivity contribution < 1.29 is 28.6 Å². The van der Waals surface area contributed by atoms with Crippen LogP contribution in [0.2, 0.25) is 0 Å². The van der Waals surface area contributed by atoms with Crippen molar-refractivity contribution in [3.05, 3.63) is 35.9 Å². The average molecular weight is 330 g/mol. The first-order valence-electron chi connectivity index (χ1n) is 7.36. The van der Waals surface area contributed by atoms with Gasteiger partial charge in [0.25, 0.3) is 0 Å². The van der Waals surface area contributed by atoms with Gasteiger partial charge in [0.05, 0.1) is 12.8 Å². The van der Waals surface area contributed by atoms with Crippen molar-refractivity contribution in [2.75, 3.05) is 12.8 Å². The van der Waals surface area contributed by atoms with Crippen molar-refractivity contribution in [1.82, 2.24) is 0 Å². The molecule has 7 heteroatoms. The SMILES string of the molecule is CCOOP(=O)(O)CCCCCC(=O)OCc1ccccc1. The fraction of sp³-hybridized carbons (Fsp3) is 0.533. The second-order valence-electron chi connectivity index (χ2n) is 4.80. The zero-order chi connectivity index (χ0) is 16.3. The van der Waals surface area contributed by atoms with Crippen molar-refractivity contribution in [3.63, 3.8) is 0 Å². The van der Waals surface area contributed by atoms with Crippen LogP contribution in [0.25, 0.3) is 0 Å². The predicted molar refractivity (Wildman–Crippen MR) is 82.1 cm³/mol. The summed E-state index contributed by atoms with van der Waals surface area (Å²) in [6, 6.07) is 9.47. The van der Waals surface area contributed by atoms with E-state index in [1.54, 1.807) is 6.92 Å². The van der Waals surface area contributed by atoms with Crippen molar-refractivity contribution in [1.29, 1.82) is 0 Å². The Bertz CT molecular complexity index is 476. The highest BCUT2D eigenvalue weighted by Gasteiger charge is 2.19. The predicted octanol–water partition coefficient (Wildman–Crippen LogP) is 3.44. The summed E-state index contributed by atoms with van der Waals surface area (Å²) in [5.41, 5.74) is 0.949. The van der Waals surface area contributed by atoms with Crippen LogP contribution >= 0.6 is 7.60 Å². The number of esters is 1. The molecule has 1 aromatic carbocycles. The molecule has 0 aromatic heterocycles. The molecule has 22 heavy (non-hydrogen) atoms. The Kier molecular flexibility index (Phi) is 9.01. The summed E-state index contributed by atoms with van der Waals surface area (Å²) in [5, 5.41) is 0. The lowest BCUT2D eigenvalue weighted by Gasteiger charge is -2.09. The minimum atomic E-state index is -3.66. The second-order valence-corrected chi connectivity index (χ2v) is 6.67. The summed E-state index contributed by atoms with van der Waals surface area (Å²) in [4.78, 5) is 25.4. The molecule has 6 nitrogen and oxygen atoms in total. The molecule has 1 rings (SSSR count). The Morgan fingerprint density at radius 2 is 1.91 bits per heavy atom. The Balaban J connectivity index is 2.06. The van der Waals surface area contributed by atoms with Crippen LogP contribution in [0.5, 0.6) is 0 Å². The number of unbranched alkanes of at least 4 members (excludes halogenated alkanes) is 2. The smallest absolute Gasteiger partial charge is 0.355 e. The first-order valence-corrected chi connectivity index (χ1v) is 9.12. The van der Waals surface area contributed by atoms with Gasteiger partial charge in [0.15, 0.2) is 0 Å². The summed E-state index contributed by atoms with van der Waals surface area (Å²) in [6.07, 6.45) is 2.08. The Morgan fingerprint density at radius 1 is 1.18 bits per heavy atom. The molecule has 0 aliphatic carbocycles. The van der Waals surface area contributed by atoms with Gasteiger partial charge in [-0.25, -0.2) is 4.89 Å². The molecule has 0 amide bonds. The number of rotatable bonds is 11. The molecule has 1 N–H and O–H groups in total. The lowest BCUT2D eigenvalue weighted by atomic mass is 10.2. The molecule has 0 saturated carbocycles. The maximum atomic E-state index is 11.5. The third kappa shape index (κ3) is 8.95. The van der Waals surface area contributed by atoms with Crippen molar-refractivity contribution in [2.45, 2.75) is 39.2 Å². The van der Waals surface area contributed by atoms with Crippen molar-refractivity contribution >= 4 is 13.6 Å². The summed E-state index contributed by atoms with van der Waals surface area (Å²) >= 11 is 0. The number of hydrogen-bond donors (Lipinski definition) is 1. The third-order valence-electron chi connectivity index (χ3n) is 2.85. The molecule has 0 aliphatic heterocycles. The van der Waals surface area contributed by atoms with Gasteiger partial charge in [0.2, 0.25) is 0 Å². The van der Waals surface area contributed by atoms with Gasteiger partial charge >= 0.3 is 13.6 Å². The highest BCUT2D eigenvalue weighted by molar-refractivity contribution is 7.52. The second kappa shape index (κ2) is 10.5. The van der Waals surface area contributed by atoms with E-state index in [9.17, 15) is 14.3 Å². The number of hydrogen-bond acceptors (Lipinski definition) is 5. The van der Waals surface area contributed by atoms with Gasteiger partial charge < -0.3 is 9.63 Å². The van der Waals surface area contributed by atoms with Gasteiger partial charge in [-0.15, -0.1) is 4.67 Å². The minimum Gasteiger partial charge on any atom is -0.461 e. The van der Waals surface area contributed by atoms with Gasteiger partial charge in [-0.2, -0.15) is 0 Å². The van der Waals surface area contributed by atoms with Crippen LogP contribution in [0, 0.1) is 0 Å². The largest absolute Gasteiger partial charge is 0.461 e. The molecule has 0 bridgehead atoms. The van der Waals surface area contributed by atoms with Gasteiger partial charge in [0, 0.05) is 6.42 Å². The normalized spacial score (nSPS) is 13.5. The first kappa shape index (κ1) is 18.8. The van der Waals surface area contributed by atoms with Crippen LogP contribution in [0.3, 0.4) is 0 Å². The van der Waals surface area contributed by atoms with E-state index in [0.717, 1.165) is 5.56 Å². The number of carbonyl (C=O) groups is 1. The van der Waals surface area contributed by atoms with E-state index in [1.165, 1.54) is 0 Å². The number of carbonyl (C=O) groups excluding carboxylic acids is 1. The molecule has 0 heterocycles. The average Bonchev–Trinajstić information content (AvgIpc) is 2.51. The zero-order valence-corrected chi connectivity index (χ0v) is 13.7. The van der Waals surface area contributed by atoms with E-state index < -0.39 is 7.60 Å². The first-order chi connectivity index (χ1) is 10.5. The molecule has 0 spiro atoms. The Hall–Kier alpha value is -1.20. The van der Waals surface area contributed by atoms with E-state index in [1.807, 2.05) is 30.3 Å². The highest BCUT2D eigenvalue weighted by atomic mass is 31.2. The third-order valence-corrected chi connectivity index (χ3v) is 4.07. The van der Waals surface area contributed by atoms with E-state index in [-0.39, 0.29) is 25.3 Å². The van der Waals surface area contributed by atoms with Crippen molar-refractivity contribution in [3.8, 4) is 0 Å². The molecule has 0 aliphatic rings. The fourth-order valence-corrected chi connectivity index (χ4v) is 2.71. The monoisotopic (exact) mass is 330 g/mol. The van der Waals surface area contributed by atoms with E-state index in [0.29, 0.717) is 25.7 Å². The van der Waals surface area contributed by atoms with Crippen LogP contribution in [0.15, 0.2) is 30.3 Å². The molecule has 1 aromatic rings. The topological polar surface area (TPSA) is 82.1 Å². The van der Waals surface area contributed by atoms with E-state index in [4.69, 9.17) is 4.74 Å². The molecular formula is C15H23O6P. The van der Waals surface area contributed by atoms with Crippen LogP contribution in [-0.2, 0) is 30.3 Å². The fourth-order valence-electron chi connectivity index (χ4n) is 1.74. The lowest BCUT2D eigenvalue weighted by Crippen LogP contribution is -2.04. The van der Waals surface area contributed by atoms with Crippen LogP contribution < -0.4 is 0 Å². The summed E-state index contributed by atoms with van der Waals surface area (Å²) in [6.45, 7) is 2.16. The minimum absolute atomic E-state index is 0.0199. The van der Waals surface area contributed by atoms with Gasteiger partial charge in [-0.3, -0.25) is 9.36 Å². The van der Waals surface area contributed by atoms with Crippen molar-refractivity contribution in [2.24, 2.45) is 0 Å². The molecule has 0 radical (unpaired) electrons. The van der Waals surface area contributed by atoms with Crippen LogP contribution in [0.1, 0.15) is 38.2 Å². The highest BCUT2D eigenvalue weighted by Crippen LogP contribution is 2.42. The Labute approximate surface area is 130 Å². The molecule has 0 saturated heterocycles. The van der Waals surface area contributed by atoms with Gasteiger partial charge in [-0.1, -0.05) is 36.8 Å². The summed E-state index contributed by atoms with van der Waals surface area (Å²) < 4.78 is 21.0. The Morgan fingerprint density at radius 3 is 2.59 bits per heavy atom. The van der Waals surface area contributed by atoms with E-state index in [2.05, 4.69) is 9.56 Å². The van der Waals surface area contributed by atoms with Crippen LogP contribution in [-0.4, -0.2) is 23.6 Å². The maximum Gasteiger partial charge on any atom is 0.355 e. The molecule has 0 fully saturated rings. The quantitative estimate of drug-likeness (QED) is 0.220. The number of benzene rings is 1.